The Bertz CT molecular complexity index is 1310. The standard InChI is InChI=1S/C28H29N5O2/c1-3-21-9-6-10-22(16-21)31-28-23-17-25-26(18-24(23)29-19-30-28)35-15-14-33(25)27(34)11-7-13-32-12-5-4-8-20(32)2/h1,6-7,9-11,16-20H,4-5,8,12-15H2,2H3,(H,29,30,31)/b11-7+. The van der Waals surface area contributed by atoms with Crippen molar-refractivity contribution in [3.8, 4) is 18.1 Å². The fourth-order valence-corrected chi connectivity index (χ4v) is 4.73. The van der Waals surface area contributed by atoms with Gasteiger partial charge in [0.05, 0.1) is 17.7 Å². The molecular weight excluding hydrogens is 438 g/mol. The highest BCUT2D eigenvalue weighted by Gasteiger charge is 2.24. The lowest BCUT2D eigenvalue weighted by atomic mass is 10.0. The molecule has 7 heteroatoms. The molecule has 2 aliphatic rings. The zero-order chi connectivity index (χ0) is 24.2. The lowest BCUT2D eigenvalue weighted by Crippen LogP contribution is -2.38. The molecule has 5 rings (SSSR count). The number of rotatable bonds is 5. The van der Waals surface area contributed by atoms with E-state index in [9.17, 15) is 4.79 Å². The molecule has 0 saturated carbocycles. The number of fused-ring (bicyclic) bond motifs is 2. The molecule has 1 aromatic heterocycles. The van der Waals surface area contributed by atoms with E-state index in [1.54, 1.807) is 11.0 Å². The number of ether oxygens (including phenoxy) is 1. The van der Waals surface area contributed by atoms with Gasteiger partial charge >= 0.3 is 0 Å². The van der Waals surface area contributed by atoms with Crippen molar-refractivity contribution in [3.05, 3.63) is 60.4 Å². The number of terminal acetylenes is 1. The topological polar surface area (TPSA) is 70.6 Å². The third-order valence-electron chi connectivity index (χ3n) is 6.68. The Labute approximate surface area is 205 Å². The molecule has 1 unspecified atom stereocenters. The van der Waals surface area contributed by atoms with Crippen molar-refractivity contribution in [2.45, 2.75) is 32.2 Å². The average molecular weight is 468 g/mol. The molecule has 7 nitrogen and oxygen atoms in total. The number of amides is 1. The molecular formula is C28H29N5O2. The summed E-state index contributed by atoms with van der Waals surface area (Å²) in [4.78, 5) is 26.2. The van der Waals surface area contributed by atoms with E-state index in [1.165, 1.54) is 25.6 Å². The Morgan fingerprint density at radius 2 is 2.17 bits per heavy atom. The summed E-state index contributed by atoms with van der Waals surface area (Å²) in [5, 5.41) is 4.13. The van der Waals surface area contributed by atoms with E-state index in [4.69, 9.17) is 11.2 Å². The van der Waals surface area contributed by atoms with Crippen LogP contribution in [-0.2, 0) is 4.79 Å². The Morgan fingerprint density at radius 1 is 1.26 bits per heavy atom. The number of nitrogens with zero attached hydrogens (tertiary/aromatic N) is 4. The second-order valence-electron chi connectivity index (χ2n) is 8.99. The third kappa shape index (κ3) is 4.98. The van der Waals surface area contributed by atoms with Crippen molar-refractivity contribution in [1.82, 2.24) is 14.9 Å². The SMILES string of the molecule is C#Cc1cccc(Nc2ncnc3cc4c(cc23)N(C(=O)/C=C/CN2CCCCC2C)CCO4)c1. The largest absolute Gasteiger partial charge is 0.489 e. The van der Waals surface area contributed by atoms with E-state index < -0.39 is 0 Å². The predicted octanol–water partition coefficient (Wildman–Crippen LogP) is 4.51. The number of carbonyl (C=O) groups is 1. The first kappa shape index (κ1) is 22.9. The molecule has 178 valence electrons. The van der Waals surface area contributed by atoms with Gasteiger partial charge in [0, 0.05) is 41.4 Å². The summed E-state index contributed by atoms with van der Waals surface area (Å²) in [6.07, 6.45) is 14.5. The van der Waals surface area contributed by atoms with Crippen molar-refractivity contribution in [1.29, 1.82) is 0 Å². The maximum atomic E-state index is 13.2. The fraction of sp³-hybridized carbons (Fsp3) is 0.321. The zero-order valence-corrected chi connectivity index (χ0v) is 19.9. The van der Waals surface area contributed by atoms with Gasteiger partial charge in [-0.1, -0.05) is 24.5 Å². The average Bonchev–Trinajstić information content (AvgIpc) is 2.88. The number of aromatic nitrogens is 2. The van der Waals surface area contributed by atoms with Crippen LogP contribution in [0.3, 0.4) is 0 Å². The van der Waals surface area contributed by atoms with E-state index in [1.807, 2.05) is 42.5 Å². The molecule has 2 aromatic carbocycles. The second kappa shape index (κ2) is 10.2. The number of piperidine rings is 1. The van der Waals surface area contributed by atoms with Crippen LogP contribution in [0, 0.1) is 12.3 Å². The highest BCUT2D eigenvalue weighted by atomic mass is 16.5. The van der Waals surface area contributed by atoms with Crippen LogP contribution >= 0.6 is 0 Å². The Kier molecular flexibility index (Phi) is 6.64. The number of nitrogens with one attached hydrogen (secondary N) is 1. The zero-order valence-electron chi connectivity index (χ0n) is 19.9. The number of carbonyl (C=O) groups excluding carboxylic acids is 1. The maximum absolute atomic E-state index is 13.2. The first-order valence-corrected chi connectivity index (χ1v) is 12.1. The van der Waals surface area contributed by atoms with Gasteiger partial charge in [-0.15, -0.1) is 6.42 Å². The Morgan fingerprint density at radius 3 is 3.03 bits per heavy atom. The van der Waals surface area contributed by atoms with Gasteiger partial charge < -0.3 is 15.0 Å². The second-order valence-corrected chi connectivity index (χ2v) is 8.99. The Balaban J connectivity index is 1.41. The van der Waals surface area contributed by atoms with Crippen LogP contribution in [-0.4, -0.2) is 53.1 Å². The molecule has 35 heavy (non-hydrogen) atoms. The molecule has 1 amide bonds. The summed E-state index contributed by atoms with van der Waals surface area (Å²) < 4.78 is 5.88. The van der Waals surface area contributed by atoms with Gasteiger partial charge in [-0.3, -0.25) is 9.69 Å². The molecule has 1 saturated heterocycles. The normalized spacial score (nSPS) is 18.2. The number of likely N-dealkylation sites (tertiary alicyclic amines) is 1. The van der Waals surface area contributed by atoms with Gasteiger partial charge in [0.25, 0.3) is 5.91 Å². The quantitative estimate of drug-likeness (QED) is 0.440. The van der Waals surface area contributed by atoms with Gasteiger partial charge in [0.1, 0.15) is 24.5 Å². The maximum Gasteiger partial charge on any atom is 0.250 e. The smallest absolute Gasteiger partial charge is 0.250 e. The lowest BCUT2D eigenvalue weighted by molar-refractivity contribution is -0.114. The molecule has 3 aromatic rings. The minimum Gasteiger partial charge on any atom is -0.489 e. The summed E-state index contributed by atoms with van der Waals surface area (Å²) in [7, 11) is 0. The predicted molar refractivity (Wildman–Crippen MR) is 139 cm³/mol. The lowest BCUT2D eigenvalue weighted by Gasteiger charge is -2.32. The van der Waals surface area contributed by atoms with Gasteiger partial charge in [0.2, 0.25) is 0 Å². The highest BCUT2D eigenvalue weighted by molar-refractivity contribution is 6.05. The van der Waals surface area contributed by atoms with E-state index in [-0.39, 0.29) is 5.91 Å². The molecule has 1 fully saturated rings. The highest BCUT2D eigenvalue weighted by Crippen LogP contribution is 2.37. The molecule has 2 aliphatic heterocycles. The van der Waals surface area contributed by atoms with Crippen molar-refractivity contribution in [2.75, 3.05) is 36.5 Å². The minimum atomic E-state index is -0.0494. The van der Waals surface area contributed by atoms with Gasteiger partial charge in [-0.05, 0) is 50.6 Å². The van der Waals surface area contributed by atoms with E-state index in [0.29, 0.717) is 30.8 Å². The number of anilines is 3. The molecule has 1 N–H and O–H groups in total. The van der Waals surface area contributed by atoms with Crippen LogP contribution in [0.15, 0.2) is 54.9 Å². The molecule has 0 aliphatic carbocycles. The van der Waals surface area contributed by atoms with E-state index in [0.717, 1.165) is 40.9 Å². The van der Waals surface area contributed by atoms with Crippen LogP contribution < -0.4 is 15.0 Å². The molecule has 0 spiro atoms. The monoisotopic (exact) mass is 467 g/mol. The fourth-order valence-electron chi connectivity index (χ4n) is 4.73. The first-order valence-electron chi connectivity index (χ1n) is 12.1. The van der Waals surface area contributed by atoms with Crippen LogP contribution in [0.5, 0.6) is 5.75 Å². The molecule has 1 atom stereocenters. The van der Waals surface area contributed by atoms with Crippen molar-refractivity contribution >= 4 is 34.0 Å². The summed E-state index contributed by atoms with van der Waals surface area (Å²) in [5.41, 5.74) is 3.07. The first-order chi connectivity index (χ1) is 17.1. The van der Waals surface area contributed by atoms with Gasteiger partial charge in [-0.2, -0.15) is 0 Å². The van der Waals surface area contributed by atoms with E-state index in [2.05, 4.69) is 33.0 Å². The molecule has 0 radical (unpaired) electrons. The van der Waals surface area contributed by atoms with Crippen LogP contribution in [0.1, 0.15) is 31.7 Å². The van der Waals surface area contributed by atoms with Gasteiger partial charge in [0.15, 0.2) is 0 Å². The number of benzene rings is 2. The summed E-state index contributed by atoms with van der Waals surface area (Å²) in [5.74, 6) is 3.88. The van der Waals surface area contributed by atoms with E-state index >= 15 is 0 Å². The van der Waals surface area contributed by atoms with Crippen LogP contribution in [0.2, 0.25) is 0 Å². The Hall–Kier alpha value is -3.89. The minimum absolute atomic E-state index is 0.0494. The molecule has 3 heterocycles. The summed E-state index contributed by atoms with van der Waals surface area (Å²) >= 11 is 0. The van der Waals surface area contributed by atoms with Crippen molar-refractivity contribution in [2.24, 2.45) is 0 Å². The van der Waals surface area contributed by atoms with Crippen LogP contribution in [0.4, 0.5) is 17.2 Å². The summed E-state index contributed by atoms with van der Waals surface area (Å²) in [6.45, 7) is 5.07. The summed E-state index contributed by atoms with van der Waals surface area (Å²) in [6, 6.07) is 11.9. The van der Waals surface area contributed by atoms with Crippen LogP contribution in [0.25, 0.3) is 10.9 Å². The van der Waals surface area contributed by atoms with Crippen molar-refractivity contribution in [3.63, 3.8) is 0 Å². The molecule has 0 bridgehead atoms. The third-order valence-corrected chi connectivity index (χ3v) is 6.68. The number of hydrogen-bond donors (Lipinski definition) is 1. The van der Waals surface area contributed by atoms with Crippen molar-refractivity contribution < 1.29 is 9.53 Å². The number of hydrogen-bond acceptors (Lipinski definition) is 6. The van der Waals surface area contributed by atoms with Gasteiger partial charge in [-0.25, -0.2) is 9.97 Å².